The Hall–Kier alpha value is -0.890. The van der Waals surface area contributed by atoms with Gasteiger partial charge in [-0.3, -0.25) is 9.59 Å². The van der Waals surface area contributed by atoms with Crippen LogP contribution in [0.3, 0.4) is 0 Å². The van der Waals surface area contributed by atoms with Gasteiger partial charge in [0, 0.05) is 24.7 Å². The molecular weight excluding hydrogens is 428 g/mol. The number of Topliss-reactive ketones (excluding diaryl/α,β-unsaturated/α-hetero) is 1. The van der Waals surface area contributed by atoms with Gasteiger partial charge < -0.3 is 19.3 Å². The number of fused-ring (bicyclic) bond motifs is 2. The number of rotatable bonds is 7. The van der Waals surface area contributed by atoms with E-state index in [0.717, 1.165) is 17.8 Å². The second-order valence-corrected chi connectivity index (χ2v) is 11.6. The Labute approximate surface area is 196 Å². The standard InChI is InChI=1S/C25H40O6S/c1-15-8-9-25(28)11-10-24(6,19(30-14-32-7)12-18-16(2)13-29-18)22(27)21(31-17(3)26)20(15)23(25,4)5/h16,18-19,21,28H,8-14H2,1-7H3. The van der Waals surface area contributed by atoms with Crippen molar-refractivity contribution in [1.82, 2.24) is 0 Å². The van der Waals surface area contributed by atoms with Crippen LogP contribution in [0.2, 0.25) is 0 Å². The molecule has 1 heterocycles. The molecule has 2 aliphatic carbocycles. The van der Waals surface area contributed by atoms with Crippen molar-refractivity contribution in [3.8, 4) is 0 Å². The zero-order chi connectivity index (χ0) is 23.9. The van der Waals surface area contributed by atoms with Gasteiger partial charge in [0.25, 0.3) is 0 Å². The molecule has 1 aliphatic heterocycles. The minimum absolute atomic E-state index is 0.0454. The van der Waals surface area contributed by atoms with E-state index in [4.69, 9.17) is 14.2 Å². The fraction of sp³-hybridized carbons (Fsp3) is 0.840. The van der Waals surface area contributed by atoms with Crippen LogP contribution in [0.1, 0.15) is 73.6 Å². The first-order valence-electron chi connectivity index (χ1n) is 11.7. The number of ether oxygens (including phenoxy) is 3. The summed E-state index contributed by atoms with van der Waals surface area (Å²) in [5.41, 5.74) is -0.780. The van der Waals surface area contributed by atoms with Crippen molar-refractivity contribution in [2.24, 2.45) is 16.7 Å². The molecular formula is C25H40O6S. The number of thioether (sulfide) groups is 1. The van der Waals surface area contributed by atoms with Crippen molar-refractivity contribution >= 4 is 23.5 Å². The Morgan fingerprint density at radius 3 is 2.50 bits per heavy atom. The highest BCUT2D eigenvalue weighted by Gasteiger charge is 2.59. The smallest absolute Gasteiger partial charge is 0.303 e. The molecule has 6 atom stereocenters. The van der Waals surface area contributed by atoms with Crippen LogP contribution in [0, 0.1) is 16.7 Å². The Balaban J connectivity index is 2.08. The molecule has 3 rings (SSSR count). The van der Waals surface area contributed by atoms with Gasteiger partial charge >= 0.3 is 5.97 Å². The normalized spacial score (nSPS) is 37.9. The summed E-state index contributed by atoms with van der Waals surface area (Å²) in [6.07, 6.45) is 3.50. The molecule has 2 fully saturated rings. The fourth-order valence-corrected chi connectivity index (χ4v) is 6.13. The maximum atomic E-state index is 14.2. The lowest BCUT2D eigenvalue weighted by atomic mass is 9.54. The minimum atomic E-state index is -1.01. The summed E-state index contributed by atoms with van der Waals surface area (Å²) in [4.78, 5) is 26.4. The van der Waals surface area contributed by atoms with Crippen LogP contribution in [0.25, 0.3) is 0 Å². The number of ketones is 1. The van der Waals surface area contributed by atoms with Gasteiger partial charge in [-0.15, -0.1) is 11.8 Å². The van der Waals surface area contributed by atoms with Crippen molar-refractivity contribution in [2.45, 2.75) is 97.6 Å². The third kappa shape index (κ3) is 4.42. The van der Waals surface area contributed by atoms with Gasteiger partial charge in [-0.1, -0.05) is 26.3 Å². The third-order valence-corrected chi connectivity index (χ3v) is 8.74. The Kier molecular flexibility index (Phi) is 7.55. The van der Waals surface area contributed by atoms with Crippen molar-refractivity contribution in [2.75, 3.05) is 18.8 Å². The quantitative estimate of drug-likeness (QED) is 0.339. The predicted octanol–water partition coefficient (Wildman–Crippen LogP) is 4.29. The monoisotopic (exact) mass is 468 g/mol. The zero-order valence-electron chi connectivity index (χ0n) is 20.7. The van der Waals surface area contributed by atoms with E-state index in [-0.39, 0.29) is 18.0 Å². The molecule has 3 aliphatic rings. The van der Waals surface area contributed by atoms with Crippen LogP contribution < -0.4 is 0 Å². The Morgan fingerprint density at radius 2 is 1.97 bits per heavy atom. The average Bonchev–Trinajstić information content (AvgIpc) is 2.72. The number of hydrogen-bond acceptors (Lipinski definition) is 7. The highest BCUT2D eigenvalue weighted by Crippen LogP contribution is 2.55. The van der Waals surface area contributed by atoms with Crippen LogP contribution >= 0.6 is 11.8 Å². The van der Waals surface area contributed by atoms with E-state index in [0.29, 0.717) is 44.0 Å². The van der Waals surface area contributed by atoms with Gasteiger partial charge in [0.05, 0.1) is 35.8 Å². The lowest BCUT2D eigenvalue weighted by Crippen LogP contribution is -2.59. The van der Waals surface area contributed by atoms with Crippen molar-refractivity contribution < 1.29 is 28.9 Å². The topological polar surface area (TPSA) is 82.1 Å². The molecule has 6 nitrogen and oxygen atoms in total. The molecule has 0 aromatic rings. The van der Waals surface area contributed by atoms with E-state index in [1.807, 2.05) is 34.0 Å². The molecule has 7 heteroatoms. The number of allylic oxidation sites excluding steroid dienone is 1. The van der Waals surface area contributed by atoms with Gasteiger partial charge in [-0.05, 0) is 51.4 Å². The molecule has 6 unspecified atom stereocenters. The molecule has 0 aromatic heterocycles. The number of esters is 1. The number of carbonyl (C=O) groups is 2. The van der Waals surface area contributed by atoms with Gasteiger partial charge in [0.1, 0.15) is 0 Å². The van der Waals surface area contributed by atoms with Crippen molar-refractivity contribution in [1.29, 1.82) is 0 Å². The summed E-state index contributed by atoms with van der Waals surface area (Å²) in [6, 6.07) is 0. The van der Waals surface area contributed by atoms with Crippen LogP contribution in [0.4, 0.5) is 0 Å². The lowest BCUT2D eigenvalue weighted by molar-refractivity contribution is -0.175. The predicted molar refractivity (Wildman–Crippen MR) is 125 cm³/mol. The molecule has 1 N–H and O–H groups in total. The second kappa shape index (κ2) is 9.40. The van der Waals surface area contributed by atoms with Gasteiger partial charge in [0.15, 0.2) is 11.9 Å². The van der Waals surface area contributed by atoms with E-state index in [9.17, 15) is 14.7 Å². The summed E-state index contributed by atoms with van der Waals surface area (Å²) >= 11 is 1.57. The highest BCUT2D eigenvalue weighted by atomic mass is 32.2. The SMILES string of the molecule is CSCOC(CC1OCC1C)C1(C)CCC2(O)CCC(C)=C(C(OC(C)=O)C1=O)C2(C)C. The van der Waals surface area contributed by atoms with E-state index >= 15 is 0 Å². The second-order valence-electron chi connectivity index (χ2n) is 10.8. The van der Waals surface area contributed by atoms with Crippen LogP contribution in [0.5, 0.6) is 0 Å². The van der Waals surface area contributed by atoms with Crippen molar-refractivity contribution in [3.05, 3.63) is 11.1 Å². The molecule has 182 valence electrons. The zero-order valence-corrected chi connectivity index (χ0v) is 21.5. The summed E-state index contributed by atoms with van der Waals surface area (Å²) in [6.45, 7) is 12.1. The van der Waals surface area contributed by atoms with Crippen molar-refractivity contribution in [3.63, 3.8) is 0 Å². The maximum Gasteiger partial charge on any atom is 0.303 e. The van der Waals surface area contributed by atoms with E-state index in [2.05, 4.69) is 6.92 Å². The Morgan fingerprint density at radius 1 is 1.28 bits per heavy atom. The van der Waals surface area contributed by atoms with E-state index in [1.165, 1.54) is 6.92 Å². The minimum Gasteiger partial charge on any atom is -0.450 e. The molecule has 0 radical (unpaired) electrons. The highest BCUT2D eigenvalue weighted by molar-refractivity contribution is 7.98. The number of hydrogen-bond donors (Lipinski definition) is 1. The molecule has 32 heavy (non-hydrogen) atoms. The molecule has 0 aromatic carbocycles. The first kappa shape index (κ1) is 25.7. The van der Waals surface area contributed by atoms with Crippen LogP contribution in [-0.4, -0.2) is 59.6 Å². The van der Waals surface area contributed by atoms with Gasteiger partial charge in [-0.2, -0.15) is 0 Å². The maximum absolute atomic E-state index is 14.2. The third-order valence-electron chi connectivity index (χ3n) is 8.37. The lowest BCUT2D eigenvalue weighted by Gasteiger charge is -2.54. The summed E-state index contributed by atoms with van der Waals surface area (Å²) in [7, 11) is 0. The molecule has 2 bridgehead atoms. The Bertz CT molecular complexity index is 776. The number of carbonyl (C=O) groups excluding carboxylic acids is 2. The average molecular weight is 469 g/mol. The van der Waals surface area contributed by atoms with E-state index in [1.54, 1.807) is 11.8 Å². The fourth-order valence-electron chi connectivity index (χ4n) is 5.83. The molecule has 0 spiro atoms. The first-order valence-corrected chi connectivity index (χ1v) is 13.1. The number of aliphatic hydroxyl groups is 1. The summed E-state index contributed by atoms with van der Waals surface area (Å²) in [5, 5.41) is 11.8. The van der Waals surface area contributed by atoms with Gasteiger partial charge in [0.2, 0.25) is 0 Å². The van der Waals surface area contributed by atoms with Crippen LogP contribution in [0.15, 0.2) is 11.1 Å². The van der Waals surface area contributed by atoms with E-state index < -0.39 is 28.5 Å². The summed E-state index contributed by atoms with van der Waals surface area (Å²) < 4.78 is 17.8. The molecule has 1 saturated heterocycles. The van der Waals surface area contributed by atoms with Crippen LogP contribution in [-0.2, 0) is 23.8 Å². The van der Waals surface area contributed by atoms with Gasteiger partial charge in [-0.25, -0.2) is 0 Å². The first-order chi connectivity index (χ1) is 14.9. The molecule has 1 saturated carbocycles. The molecule has 0 amide bonds. The largest absolute Gasteiger partial charge is 0.450 e. The summed E-state index contributed by atoms with van der Waals surface area (Å²) in [5.74, 6) is 0.259.